The lowest BCUT2D eigenvalue weighted by atomic mass is 9.72. The minimum absolute atomic E-state index is 0.195. The lowest BCUT2D eigenvalue weighted by Crippen LogP contribution is -2.44. The van der Waals surface area contributed by atoms with Crippen molar-refractivity contribution in [1.82, 2.24) is 4.90 Å². The molecule has 4 rings (SSSR count). The summed E-state index contributed by atoms with van der Waals surface area (Å²) < 4.78 is 0. The van der Waals surface area contributed by atoms with E-state index in [2.05, 4.69) is 60.4 Å². The molecule has 3 aromatic carbocycles. The van der Waals surface area contributed by atoms with Gasteiger partial charge in [0.2, 0.25) is 0 Å². The number of likely N-dealkylation sites (tertiary alicyclic amines) is 1. The summed E-state index contributed by atoms with van der Waals surface area (Å²) in [5.74, 6) is 0.195. The van der Waals surface area contributed by atoms with Crippen molar-refractivity contribution in [2.24, 2.45) is 5.92 Å². The average Bonchev–Trinajstić information content (AvgIpc) is 2.92. The van der Waals surface area contributed by atoms with Crippen molar-refractivity contribution in [2.75, 3.05) is 19.6 Å². The Morgan fingerprint density at radius 3 is 1.94 bits per heavy atom. The summed E-state index contributed by atoms with van der Waals surface area (Å²) in [4.78, 5) is 2.53. The van der Waals surface area contributed by atoms with E-state index in [1.54, 1.807) is 0 Å². The zero-order valence-corrected chi connectivity index (χ0v) is 21.2. The maximum absolute atomic E-state index is 12.0. The first kappa shape index (κ1) is 25.6. The van der Waals surface area contributed by atoms with E-state index >= 15 is 0 Å². The smallest absolute Gasteiger partial charge is 0.117 e. The Morgan fingerprint density at radius 1 is 0.829 bits per heavy atom. The highest BCUT2D eigenvalue weighted by Gasteiger charge is 2.41. The van der Waals surface area contributed by atoms with Gasteiger partial charge in [-0.25, -0.2) is 0 Å². The second-order valence-corrected chi connectivity index (χ2v) is 10.1. The van der Waals surface area contributed by atoms with Crippen LogP contribution < -0.4 is 0 Å². The third-order valence-electron chi connectivity index (χ3n) is 7.71. The highest BCUT2D eigenvalue weighted by molar-refractivity contribution is 5.37. The summed E-state index contributed by atoms with van der Waals surface area (Å²) in [5, 5.41) is 22.6. The topological polar surface area (TPSA) is 43.7 Å². The Hall–Kier alpha value is -2.46. The first-order chi connectivity index (χ1) is 17.1. The van der Waals surface area contributed by atoms with Gasteiger partial charge in [0.15, 0.2) is 0 Å². The normalized spacial score (nSPS) is 16.3. The van der Waals surface area contributed by atoms with Gasteiger partial charge in [-0.3, -0.25) is 0 Å². The van der Waals surface area contributed by atoms with Crippen molar-refractivity contribution in [3.63, 3.8) is 0 Å². The molecule has 35 heavy (non-hydrogen) atoms. The van der Waals surface area contributed by atoms with Gasteiger partial charge in [-0.2, -0.15) is 0 Å². The third kappa shape index (κ3) is 6.41. The second-order valence-electron chi connectivity index (χ2n) is 10.1. The van der Waals surface area contributed by atoms with E-state index in [4.69, 9.17) is 0 Å². The van der Waals surface area contributed by atoms with E-state index in [1.807, 2.05) is 36.4 Å². The Bertz CT molecular complexity index is 955. The van der Waals surface area contributed by atoms with Gasteiger partial charge in [0, 0.05) is 0 Å². The number of unbranched alkanes of at least 4 members (excludes halogenated alkanes) is 1. The minimum Gasteiger partial charge on any atom is -0.388 e. The Morgan fingerprint density at radius 2 is 1.40 bits per heavy atom. The molecule has 1 unspecified atom stereocenters. The Labute approximate surface area is 211 Å². The molecule has 1 fully saturated rings. The number of hydrogen-bond acceptors (Lipinski definition) is 3. The molecule has 2 N–H and O–H groups in total. The highest BCUT2D eigenvalue weighted by atomic mass is 16.3. The minimum atomic E-state index is -0.953. The summed E-state index contributed by atoms with van der Waals surface area (Å²) in [7, 11) is 0. The van der Waals surface area contributed by atoms with Crippen molar-refractivity contribution >= 4 is 0 Å². The predicted molar refractivity (Wildman–Crippen MR) is 144 cm³/mol. The van der Waals surface area contributed by atoms with Crippen LogP contribution in [0.3, 0.4) is 0 Å². The zero-order valence-electron chi connectivity index (χ0n) is 21.2. The quantitative estimate of drug-likeness (QED) is 0.314. The molecule has 0 saturated carbocycles. The van der Waals surface area contributed by atoms with Crippen LogP contribution in [-0.4, -0.2) is 34.7 Å². The Balaban J connectivity index is 1.26. The first-order valence-electron chi connectivity index (χ1n) is 13.4. The van der Waals surface area contributed by atoms with E-state index in [9.17, 15) is 10.2 Å². The van der Waals surface area contributed by atoms with E-state index in [-0.39, 0.29) is 12.0 Å². The zero-order chi connectivity index (χ0) is 24.5. The summed E-state index contributed by atoms with van der Waals surface area (Å²) in [6.45, 7) is 5.27. The number of hydrogen-bond donors (Lipinski definition) is 2. The van der Waals surface area contributed by atoms with Crippen LogP contribution in [0.15, 0.2) is 84.9 Å². The standard InChI is InChI=1S/C32H41NO2/c1-2-11-26-17-19-27(20-18-26)31(34)16-9-10-23-33-24-21-30(22-25-33)32(35,28-12-5-3-6-13-28)29-14-7-4-8-15-29/h3-8,12-15,17-20,30-31,34-35H,2,9-11,16,21-25H2,1H3. The summed E-state index contributed by atoms with van der Waals surface area (Å²) in [5.41, 5.74) is 3.40. The fraction of sp³-hybridized carbons (Fsp3) is 0.438. The van der Waals surface area contributed by atoms with Crippen molar-refractivity contribution in [1.29, 1.82) is 0 Å². The SMILES string of the molecule is CCCc1ccc(C(O)CCCCN2CCC(C(O)(c3ccccc3)c3ccccc3)CC2)cc1. The van der Waals surface area contributed by atoms with Crippen LogP contribution in [-0.2, 0) is 12.0 Å². The van der Waals surface area contributed by atoms with Gasteiger partial charge in [0.1, 0.15) is 5.60 Å². The van der Waals surface area contributed by atoms with Crippen molar-refractivity contribution in [3.8, 4) is 0 Å². The highest BCUT2D eigenvalue weighted by Crippen LogP contribution is 2.41. The van der Waals surface area contributed by atoms with Crippen molar-refractivity contribution in [2.45, 2.75) is 63.6 Å². The first-order valence-corrected chi connectivity index (χ1v) is 13.4. The number of aliphatic hydroxyl groups excluding tert-OH is 1. The number of rotatable bonds is 11. The van der Waals surface area contributed by atoms with Gasteiger partial charge < -0.3 is 15.1 Å². The van der Waals surface area contributed by atoms with Gasteiger partial charge in [-0.1, -0.05) is 98.3 Å². The van der Waals surface area contributed by atoms with Crippen molar-refractivity contribution < 1.29 is 10.2 Å². The number of aliphatic hydroxyl groups is 2. The second kappa shape index (κ2) is 12.5. The molecule has 3 nitrogen and oxygen atoms in total. The molecule has 1 heterocycles. The average molecular weight is 472 g/mol. The van der Waals surface area contributed by atoms with Crippen molar-refractivity contribution in [3.05, 3.63) is 107 Å². The molecule has 1 aliphatic rings. The van der Waals surface area contributed by atoms with Crippen LogP contribution >= 0.6 is 0 Å². The van der Waals surface area contributed by atoms with Crippen LogP contribution in [0.2, 0.25) is 0 Å². The molecule has 0 aromatic heterocycles. The van der Waals surface area contributed by atoms with E-state index in [0.717, 1.165) is 81.3 Å². The van der Waals surface area contributed by atoms with E-state index in [1.165, 1.54) is 5.56 Å². The lowest BCUT2D eigenvalue weighted by molar-refractivity contribution is -0.0144. The number of aryl methyl sites for hydroxylation is 1. The molecule has 1 atom stereocenters. The molecule has 3 heteroatoms. The lowest BCUT2D eigenvalue weighted by Gasteiger charge is -2.42. The molecule has 0 radical (unpaired) electrons. The maximum Gasteiger partial charge on any atom is 0.117 e. The van der Waals surface area contributed by atoms with Crippen LogP contribution in [0.25, 0.3) is 0 Å². The van der Waals surface area contributed by atoms with Crippen LogP contribution in [0, 0.1) is 5.92 Å². The van der Waals surface area contributed by atoms with Gasteiger partial charge in [-0.05, 0) is 86.3 Å². The monoisotopic (exact) mass is 471 g/mol. The van der Waals surface area contributed by atoms with Gasteiger partial charge in [-0.15, -0.1) is 0 Å². The molecule has 1 saturated heterocycles. The molecular formula is C32H41NO2. The molecule has 0 aliphatic carbocycles. The molecule has 0 bridgehead atoms. The molecular weight excluding hydrogens is 430 g/mol. The van der Waals surface area contributed by atoms with E-state index in [0.29, 0.717) is 0 Å². The molecule has 0 amide bonds. The fourth-order valence-electron chi connectivity index (χ4n) is 5.63. The summed E-state index contributed by atoms with van der Waals surface area (Å²) >= 11 is 0. The summed E-state index contributed by atoms with van der Waals surface area (Å²) in [6, 6.07) is 28.8. The van der Waals surface area contributed by atoms with Gasteiger partial charge in [0.05, 0.1) is 6.10 Å². The largest absolute Gasteiger partial charge is 0.388 e. The molecule has 186 valence electrons. The van der Waals surface area contributed by atoms with Crippen LogP contribution in [0.1, 0.15) is 73.8 Å². The van der Waals surface area contributed by atoms with Gasteiger partial charge >= 0.3 is 0 Å². The van der Waals surface area contributed by atoms with Gasteiger partial charge in [0.25, 0.3) is 0 Å². The summed E-state index contributed by atoms with van der Waals surface area (Å²) in [6.07, 6.45) is 6.76. The molecule has 1 aliphatic heterocycles. The Kier molecular flexibility index (Phi) is 9.14. The molecule has 3 aromatic rings. The number of piperidine rings is 1. The maximum atomic E-state index is 12.0. The third-order valence-corrected chi connectivity index (χ3v) is 7.71. The predicted octanol–water partition coefficient (Wildman–Crippen LogP) is 6.49. The number of benzene rings is 3. The fourth-order valence-corrected chi connectivity index (χ4v) is 5.63. The van der Waals surface area contributed by atoms with Crippen LogP contribution in [0.5, 0.6) is 0 Å². The van der Waals surface area contributed by atoms with E-state index < -0.39 is 5.60 Å². The number of nitrogens with zero attached hydrogens (tertiary/aromatic N) is 1. The van der Waals surface area contributed by atoms with Crippen LogP contribution in [0.4, 0.5) is 0 Å². The molecule has 0 spiro atoms.